The Bertz CT molecular complexity index is 281. The predicted octanol–water partition coefficient (Wildman–Crippen LogP) is 0.780. The van der Waals surface area contributed by atoms with Gasteiger partial charge < -0.3 is 4.90 Å². The van der Waals surface area contributed by atoms with Gasteiger partial charge in [0.15, 0.2) is 0 Å². The quantitative estimate of drug-likeness (QED) is 0.774. The summed E-state index contributed by atoms with van der Waals surface area (Å²) in [5.41, 5.74) is 0. The number of rotatable bonds is 2. The number of nitrogens with one attached hydrogen (secondary N) is 1. The van der Waals surface area contributed by atoms with Crippen LogP contribution in [-0.4, -0.2) is 51.9 Å². The molecule has 0 aromatic heterocycles. The molecule has 6 heteroatoms. The van der Waals surface area contributed by atoms with E-state index in [2.05, 4.69) is 11.9 Å². The van der Waals surface area contributed by atoms with E-state index < -0.39 is 9.92 Å². The van der Waals surface area contributed by atoms with Gasteiger partial charge in [0.2, 0.25) is 0 Å². The SMILES string of the molecule is CN1CCN(S(=N)(=O)C2CC2)CC1.Cl. The van der Waals surface area contributed by atoms with Crippen LogP contribution in [0, 0.1) is 4.78 Å². The Morgan fingerprint density at radius 1 is 1.21 bits per heavy atom. The van der Waals surface area contributed by atoms with Crippen LogP contribution in [0.15, 0.2) is 0 Å². The van der Waals surface area contributed by atoms with Crippen molar-refractivity contribution in [1.29, 1.82) is 4.78 Å². The van der Waals surface area contributed by atoms with Crippen molar-refractivity contribution in [2.24, 2.45) is 0 Å². The fourth-order valence-electron chi connectivity index (χ4n) is 1.66. The topological polar surface area (TPSA) is 47.4 Å². The second kappa shape index (κ2) is 4.35. The van der Waals surface area contributed by atoms with E-state index in [9.17, 15) is 4.21 Å². The van der Waals surface area contributed by atoms with Crippen molar-refractivity contribution in [2.75, 3.05) is 33.2 Å². The van der Waals surface area contributed by atoms with E-state index in [1.54, 1.807) is 0 Å². The highest BCUT2D eigenvalue weighted by atomic mass is 35.5. The maximum Gasteiger partial charge on any atom is 0.110 e. The van der Waals surface area contributed by atoms with E-state index in [0.29, 0.717) is 0 Å². The highest BCUT2D eigenvalue weighted by molar-refractivity contribution is 7.91. The van der Waals surface area contributed by atoms with Crippen LogP contribution < -0.4 is 0 Å². The second-order valence-corrected chi connectivity index (χ2v) is 6.32. The third kappa shape index (κ3) is 2.39. The average molecular weight is 240 g/mol. The highest BCUT2D eigenvalue weighted by Gasteiger charge is 2.37. The molecule has 1 unspecified atom stereocenters. The van der Waals surface area contributed by atoms with Crippen LogP contribution in [0.1, 0.15) is 12.8 Å². The van der Waals surface area contributed by atoms with Crippen LogP contribution in [0.2, 0.25) is 0 Å². The lowest BCUT2D eigenvalue weighted by atomic mass is 10.4. The van der Waals surface area contributed by atoms with Crippen molar-refractivity contribution in [1.82, 2.24) is 9.21 Å². The molecule has 2 fully saturated rings. The van der Waals surface area contributed by atoms with Gasteiger partial charge in [-0.15, -0.1) is 12.4 Å². The number of halogens is 1. The van der Waals surface area contributed by atoms with Crippen molar-refractivity contribution in [2.45, 2.75) is 18.1 Å². The molecule has 0 spiro atoms. The van der Waals surface area contributed by atoms with Crippen LogP contribution in [-0.2, 0) is 9.92 Å². The van der Waals surface area contributed by atoms with Gasteiger partial charge in [0.05, 0.1) is 5.25 Å². The second-order valence-electron chi connectivity index (χ2n) is 4.00. The smallest absolute Gasteiger partial charge is 0.110 e. The zero-order valence-electron chi connectivity index (χ0n) is 8.44. The van der Waals surface area contributed by atoms with Gasteiger partial charge in [-0.25, -0.2) is 13.3 Å². The van der Waals surface area contributed by atoms with Crippen LogP contribution in [0.25, 0.3) is 0 Å². The maximum atomic E-state index is 12.0. The van der Waals surface area contributed by atoms with Crippen LogP contribution in [0.3, 0.4) is 0 Å². The van der Waals surface area contributed by atoms with Gasteiger partial charge in [0, 0.05) is 26.2 Å². The molecule has 1 N–H and O–H groups in total. The molecular weight excluding hydrogens is 222 g/mol. The summed E-state index contributed by atoms with van der Waals surface area (Å²) in [6.07, 6.45) is 1.99. The first-order chi connectivity index (χ1) is 6.10. The maximum absolute atomic E-state index is 12.0. The molecule has 0 amide bonds. The standard InChI is InChI=1S/C8H17N3OS.ClH/c1-10-4-6-11(7-5-10)13(9,12)8-2-3-8;/h8-9H,2-7H2,1H3;1H. The molecule has 1 aliphatic heterocycles. The summed E-state index contributed by atoms with van der Waals surface area (Å²) in [7, 11) is -0.336. The molecule has 0 radical (unpaired) electrons. The van der Waals surface area contributed by atoms with E-state index >= 15 is 0 Å². The van der Waals surface area contributed by atoms with Gasteiger partial charge >= 0.3 is 0 Å². The van der Waals surface area contributed by atoms with Gasteiger partial charge in [-0.3, -0.25) is 0 Å². The molecule has 0 aromatic rings. The number of nitrogens with zero attached hydrogens (tertiary/aromatic N) is 2. The van der Waals surface area contributed by atoms with Crippen molar-refractivity contribution in [3.8, 4) is 0 Å². The Labute approximate surface area is 92.2 Å². The van der Waals surface area contributed by atoms with Crippen LogP contribution >= 0.6 is 12.4 Å². The minimum Gasteiger partial charge on any atom is -0.304 e. The Hall–Kier alpha value is 0.160. The number of likely N-dealkylation sites (N-methyl/N-ethyl adjacent to an activating group) is 1. The molecule has 1 saturated carbocycles. The van der Waals surface area contributed by atoms with E-state index in [1.807, 2.05) is 4.31 Å². The molecule has 0 bridgehead atoms. The van der Waals surface area contributed by atoms with Crippen molar-refractivity contribution >= 4 is 22.3 Å². The Morgan fingerprint density at radius 3 is 2.14 bits per heavy atom. The van der Waals surface area contributed by atoms with Crippen molar-refractivity contribution in [3.05, 3.63) is 0 Å². The zero-order chi connectivity index (χ0) is 9.47. The molecule has 2 aliphatic rings. The van der Waals surface area contributed by atoms with Crippen molar-refractivity contribution in [3.63, 3.8) is 0 Å². The normalized spacial score (nSPS) is 29.2. The fourth-order valence-corrected chi connectivity index (χ4v) is 3.56. The first-order valence-corrected chi connectivity index (χ1v) is 6.40. The third-order valence-electron chi connectivity index (χ3n) is 2.82. The summed E-state index contributed by atoms with van der Waals surface area (Å²) < 4.78 is 21.7. The lowest BCUT2D eigenvalue weighted by Crippen LogP contribution is -2.47. The van der Waals surface area contributed by atoms with E-state index in [1.165, 1.54) is 0 Å². The molecule has 84 valence electrons. The highest BCUT2D eigenvalue weighted by Crippen LogP contribution is 2.31. The molecule has 0 aromatic carbocycles. The van der Waals surface area contributed by atoms with Crippen molar-refractivity contribution < 1.29 is 4.21 Å². The molecule has 1 heterocycles. The molecule has 2 rings (SSSR count). The summed E-state index contributed by atoms with van der Waals surface area (Å²) in [5.74, 6) is 0. The average Bonchev–Trinajstić information content (AvgIpc) is 2.87. The van der Waals surface area contributed by atoms with Gasteiger partial charge in [-0.05, 0) is 19.9 Å². The molecule has 1 atom stereocenters. The molecular formula is C8H18ClN3OS. The molecule has 14 heavy (non-hydrogen) atoms. The van der Waals surface area contributed by atoms with Gasteiger partial charge in [0.25, 0.3) is 0 Å². The van der Waals surface area contributed by atoms with E-state index in [-0.39, 0.29) is 17.7 Å². The summed E-state index contributed by atoms with van der Waals surface area (Å²) in [4.78, 5) is 2.22. The Morgan fingerprint density at radius 2 is 1.71 bits per heavy atom. The number of piperazine rings is 1. The summed E-state index contributed by atoms with van der Waals surface area (Å²) in [5, 5.41) is 0.177. The Balaban J connectivity index is 0.000000980. The zero-order valence-corrected chi connectivity index (χ0v) is 10.1. The lowest BCUT2D eigenvalue weighted by molar-refractivity contribution is 0.226. The van der Waals surface area contributed by atoms with Gasteiger partial charge in [-0.1, -0.05) is 0 Å². The van der Waals surface area contributed by atoms with E-state index in [0.717, 1.165) is 39.0 Å². The molecule has 1 aliphatic carbocycles. The monoisotopic (exact) mass is 239 g/mol. The number of hydrogen-bond donors (Lipinski definition) is 1. The third-order valence-corrected chi connectivity index (χ3v) is 5.33. The number of hydrogen-bond acceptors (Lipinski definition) is 3. The minimum atomic E-state index is -2.41. The van der Waals surface area contributed by atoms with E-state index in [4.69, 9.17) is 4.78 Å². The first-order valence-electron chi connectivity index (χ1n) is 4.82. The predicted molar refractivity (Wildman–Crippen MR) is 60.2 cm³/mol. The Kier molecular flexibility index (Phi) is 3.80. The minimum absolute atomic E-state index is 0. The van der Waals surface area contributed by atoms with Gasteiger partial charge in [-0.2, -0.15) is 0 Å². The summed E-state index contributed by atoms with van der Waals surface area (Å²) >= 11 is 0. The summed E-state index contributed by atoms with van der Waals surface area (Å²) in [6, 6.07) is 0. The first kappa shape index (κ1) is 12.2. The van der Waals surface area contributed by atoms with Crippen LogP contribution in [0.4, 0.5) is 0 Å². The molecule has 1 saturated heterocycles. The largest absolute Gasteiger partial charge is 0.304 e. The molecule has 4 nitrogen and oxygen atoms in total. The van der Waals surface area contributed by atoms with Gasteiger partial charge in [0.1, 0.15) is 9.92 Å². The van der Waals surface area contributed by atoms with Crippen LogP contribution in [0.5, 0.6) is 0 Å². The summed E-state index contributed by atoms with van der Waals surface area (Å²) in [6.45, 7) is 3.50. The fraction of sp³-hybridized carbons (Fsp3) is 1.00. The lowest BCUT2D eigenvalue weighted by Gasteiger charge is -2.33.